The van der Waals surface area contributed by atoms with Crippen molar-refractivity contribution in [2.24, 2.45) is 5.92 Å². The summed E-state index contributed by atoms with van der Waals surface area (Å²) in [6.45, 7) is 6.38. The van der Waals surface area contributed by atoms with Gasteiger partial charge < -0.3 is 4.74 Å². The lowest BCUT2D eigenvalue weighted by atomic mass is 9.95. The molecule has 0 aliphatic rings. The second-order valence-corrected chi connectivity index (χ2v) is 4.66. The van der Waals surface area contributed by atoms with Gasteiger partial charge in [-0.3, -0.25) is 4.79 Å². The van der Waals surface area contributed by atoms with Crippen LogP contribution in [0, 0.1) is 5.92 Å². The molecule has 0 heterocycles. The minimum atomic E-state index is -0.0983. The highest BCUT2D eigenvalue weighted by atomic mass is 16.5. The topological polar surface area (TPSA) is 26.3 Å². The molecule has 0 aliphatic carbocycles. The number of hydrogen-bond acceptors (Lipinski definition) is 2. The smallest absolute Gasteiger partial charge is 0.309 e. The van der Waals surface area contributed by atoms with Gasteiger partial charge in [0.1, 0.15) is 0 Å². The molecule has 0 unspecified atom stereocenters. The fraction of sp³-hybridized carbons (Fsp3) is 0.438. The number of rotatable bonds is 6. The first kappa shape index (κ1) is 14.5. The number of esters is 1. The van der Waals surface area contributed by atoms with E-state index in [1.165, 1.54) is 11.1 Å². The molecular weight excluding hydrogens is 224 g/mol. The average Bonchev–Trinajstić information content (AvgIpc) is 2.35. The second kappa shape index (κ2) is 7.70. The van der Waals surface area contributed by atoms with Crippen LogP contribution in [-0.4, -0.2) is 12.6 Å². The van der Waals surface area contributed by atoms with E-state index in [0.29, 0.717) is 6.61 Å². The quantitative estimate of drug-likeness (QED) is 0.564. The highest BCUT2D eigenvalue weighted by molar-refractivity contribution is 5.73. The minimum Gasteiger partial charge on any atom is -0.466 e. The van der Waals surface area contributed by atoms with E-state index in [1.807, 2.05) is 39.0 Å². The van der Waals surface area contributed by atoms with E-state index in [-0.39, 0.29) is 11.9 Å². The largest absolute Gasteiger partial charge is 0.466 e. The van der Waals surface area contributed by atoms with E-state index in [2.05, 4.69) is 18.2 Å². The van der Waals surface area contributed by atoms with Crippen molar-refractivity contribution < 1.29 is 9.53 Å². The van der Waals surface area contributed by atoms with Gasteiger partial charge in [-0.15, -0.1) is 0 Å². The van der Waals surface area contributed by atoms with Crippen molar-refractivity contribution in [3.63, 3.8) is 0 Å². The first-order valence-corrected chi connectivity index (χ1v) is 6.47. The lowest BCUT2D eigenvalue weighted by molar-refractivity contribution is -0.147. The van der Waals surface area contributed by atoms with Gasteiger partial charge in [-0.1, -0.05) is 42.0 Å². The van der Waals surface area contributed by atoms with E-state index < -0.39 is 0 Å². The van der Waals surface area contributed by atoms with Gasteiger partial charge in [-0.2, -0.15) is 0 Å². The number of carbonyl (C=O) groups is 1. The molecular formula is C16H22O2. The minimum absolute atomic E-state index is 0.0813. The number of ether oxygens (including phenoxy) is 1. The SMILES string of the molecule is CCOC(=O)[C@H](CC=C(C)C)Cc1ccccc1. The molecule has 0 fully saturated rings. The van der Waals surface area contributed by atoms with Gasteiger partial charge in [-0.25, -0.2) is 0 Å². The molecule has 1 atom stereocenters. The van der Waals surface area contributed by atoms with Crippen molar-refractivity contribution in [2.75, 3.05) is 6.61 Å². The van der Waals surface area contributed by atoms with E-state index in [1.54, 1.807) is 0 Å². The summed E-state index contributed by atoms with van der Waals surface area (Å²) in [6.07, 6.45) is 3.59. The Morgan fingerprint density at radius 3 is 2.50 bits per heavy atom. The molecule has 2 heteroatoms. The molecule has 0 radical (unpaired) electrons. The van der Waals surface area contributed by atoms with Crippen LogP contribution in [0.3, 0.4) is 0 Å². The van der Waals surface area contributed by atoms with Crippen molar-refractivity contribution in [3.8, 4) is 0 Å². The van der Waals surface area contributed by atoms with Crippen LogP contribution in [0.1, 0.15) is 32.8 Å². The van der Waals surface area contributed by atoms with Crippen LogP contribution in [0.4, 0.5) is 0 Å². The second-order valence-electron chi connectivity index (χ2n) is 4.66. The van der Waals surface area contributed by atoms with E-state index in [0.717, 1.165) is 12.8 Å². The van der Waals surface area contributed by atoms with Gasteiger partial charge in [0.2, 0.25) is 0 Å². The van der Waals surface area contributed by atoms with E-state index in [9.17, 15) is 4.79 Å². The predicted octanol–water partition coefficient (Wildman–Crippen LogP) is 3.76. The Morgan fingerprint density at radius 1 is 1.28 bits per heavy atom. The fourth-order valence-corrected chi connectivity index (χ4v) is 1.80. The first-order chi connectivity index (χ1) is 8.63. The summed E-state index contributed by atoms with van der Waals surface area (Å²) in [4.78, 5) is 11.9. The molecule has 0 bridgehead atoms. The Morgan fingerprint density at radius 2 is 1.94 bits per heavy atom. The van der Waals surface area contributed by atoms with Crippen LogP contribution >= 0.6 is 0 Å². The van der Waals surface area contributed by atoms with Crippen LogP contribution in [0.15, 0.2) is 42.0 Å². The van der Waals surface area contributed by atoms with Gasteiger partial charge in [0.15, 0.2) is 0 Å². The monoisotopic (exact) mass is 246 g/mol. The van der Waals surface area contributed by atoms with Gasteiger partial charge >= 0.3 is 5.97 Å². The molecule has 2 nitrogen and oxygen atoms in total. The molecule has 18 heavy (non-hydrogen) atoms. The summed E-state index contributed by atoms with van der Waals surface area (Å²) in [6, 6.07) is 10.1. The van der Waals surface area contributed by atoms with Crippen LogP contribution in [-0.2, 0) is 16.0 Å². The summed E-state index contributed by atoms with van der Waals surface area (Å²) in [5.41, 5.74) is 2.41. The molecule has 1 aromatic rings. The maximum Gasteiger partial charge on any atom is 0.309 e. The molecule has 1 aromatic carbocycles. The standard InChI is InChI=1S/C16H22O2/c1-4-18-16(17)15(11-10-13(2)3)12-14-8-6-5-7-9-14/h5-10,15H,4,11-12H2,1-3H3/t15-/m1/s1. The third-order valence-electron chi connectivity index (χ3n) is 2.76. The summed E-state index contributed by atoms with van der Waals surface area (Å²) in [5, 5.41) is 0. The Labute approximate surface area is 110 Å². The Hall–Kier alpha value is -1.57. The fourth-order valence-electron chi connectivity index (χ4n) is 1.80. The summed E-state index contributed by atoms with van der Waals surface area (Å²) >= 11 is 0. The Balaban J connectivity index is 2.71. The summed E-state index contributed by atoms with van der Waals surface area (Å²) in [5.74, 6) is -0.180. The van der Waals surface area contributed by atoms with Crippen molar-refractivity contribution in [1.29, 1.82) is 0 Å². The zero-order valence-electron chi connectivity index (χ0n) is 11.5. The number of carbonyl (C=O) groups excluding carboxylic acids is 1. The zero-order chi connectivity index (χ0) is 13.4. The van der Waals surface area contributed by atoms with Gasteiger partial charge in [0, 0.05) is 0 Å². The highest BCUT2D eigenvalue weighted by Gasteiger charge is 2.18. The van der Waals surface area contributed by atoms with Crippen molar-refractivity contribution in [2.45, 2.75) is 33.6 Å². The molecule has 0 aromatic heterocycles. The lowest BCUT2D eigenvalue weighted by Crippen LogP contribution is -2.19. The highest BCUT2D eigenvalue weighted by Crippen LogP contribution is 2.16. The molecule has 0 aliphatic heterocycles. The zero-order valence-corrected chi connectivity index (χ0v) is 11.5. The van der Waals surface area contributed by atoms with E-state index in [4.69, 9.17) is 4.74 Å². The average molecular weight is 246 g/mol. The first-order valence-electron chi connectivity index (χ1n) is 6.47. The van der Waals surface area contributed by atoms with Crippen molar-refractivity contribution >= 4 is 5.97 Å². The summed E-state index contributed by atoms with van der Waals surface area (Å²) < 4.78 is 5.14. The molecule has 98 valence electrons. The van der Waals surface area contributed by atoms with Crippen LogP contribution < -0.4 is 0 Å². The number of hydrogen-bond donors (Lipinski definition) is 0. The van der Waals surface area contributed by atoms with Gasteiger partial charge in [-0.05, 0) is 39.2 Å². The third kappa shape index (κ3) is 5.17. The van der Waals surface area contributed by atoms with Gasteiger partial charge in [0.05, 0.1) is 12.5 Å². The third-order valence-corrected chi connectivity index (χ3v) is 2.76. The maximum absolute atomic E-state index is 11.9. The molecule has 0 amide bonds. The number of benzene rings is 1. The normalized spacial score (nSPS) is 11.7. The van der Waals surface area contributed by atoms with Crippen LogP contribution in [0.2, 0.25) is 0 Å². The maximum atomic E-state index is 11.9. The van der Waals surface area contributed by atoms with E-state index >= 15 is 0 Å². The molecule has 0 spiro atoms. The molecule has 0 saturated heterocycles. The molecule has 0 saturated carbocycles. The van der Waals surface area contributed by atoms with Gasteiger partial charge in [0.25, 0.3) is 0 Å². The van der Waals surface area contributed by atoms with Crippen LogP contribution in [0.25, 0.3) is 0 Å². The number of allylic oxidation sites excluding steroid dienone is 2. The molecule has 0 N–H and O–H groups in total. The van der Waals surface area contributed by atoms with Crippen molar-refractivity contribution in [3.05, 3.63) is 47.5 Å². The van der Waals surface area contributed by atoms with Crippen LogP contribution in [0.5, 0.6) is 0 Å². The summed E-state index contributed by atoms with van der Waals surface area (Å²) in [7, 11) is 0. The Kier molecular flexibility index (Phi) is 6.20. The lowest BCUT2D eigenvalue weighted by Gasteiger charge is -2.14. The van der Waals surface area contributed by atoms with Crippen molar-refractivity contribution in [1.82, 2.24) is 0 Å². The Bertz CT molecular complexity index is 389. The molecule has 1 rings (SSSR count). The predicted molar refractivity (Wildman–Crippen MR) is 74.3 cm³/mol.